The van der Waals surface area contributed by atoms with E-state index in [1.165, 1.54) is 0 Å². The molecule has 0 aliphatic carbocycles. The summed E-state index contributed by atoms with van der Waals surface area (Å²) in [7, 11) is 0. The molecule has 0 spiro atoms. The molecule has 1 amide bonds. The van der Waals surface area contributed by atoms with Gasteiger partial charge >= 0.3 is 0 Å². The van der Waals surface area contributed by atoms with Gasteiger partial charge in [0.1, 0.15) is 18.1 Å². The lowest BCUT2D eigenvalue weighted by Gasteiger charge is -2.13. The number of carbonyl (C=O) groups is 1. The van der Waals surface area contributed by atoms with Gasteiger partial charge in [0.05, 0.1) is 17.4 Å². The quantitative estimate of drug-likeness (QED) is 0.899. The molecular weight excluding hydrogens is 268 g/mol. The van der Waals surface area contributed by atoms with E-state index in [-0.39, 0.29) is 11.9 Å². The van der Waals surface area contributed by atoms with Gasteiger partial charge in [-0.05, 0) is 19.9 Å². The van der Waals surface area contributed by atoms with Crippen LogP contribution in [0.25, 0.3) is 0 Å². The summed E-state index contributed by atoms with van der Waals surface area (Å²) in [6.07, 6.45) is 0. The van der Waals surface area contributed by atoms with Crippen molar-refractivity contribution in [2.24, 2.45) is 0 Å². The number of nitrogens with zero attached hydrogens (tertiary/aromatic N) is 2. The van der Waals surface area contributed by atoms with Crippen LogP contribution in [0.1, 0.15) is 34.7 Å². The molecule has 1 unspecified atom stereocenters. The molecule has 1 aliphatic rings. The van der Waals surface area contributed by atoms with E-state index < -0.39 is 0 Å². The molecule has 110 valence electrons. The van der Waals surface area contributed by atoms with Gasteiger partial charge in [-0.1, -0.05) is 18.2 Å². The van der Waals surface area contributed by atoms with E-state index in [1.807, 2.05) is 31.2 Å². The maximum atomic E-state index is 12.5. The molecule has 0 radical (unpaired) electrons. The topological polar surface area (TPSA) is 82.2 Å². The molecule has 0 bridgehead atoms. The lowest BCUT2D eigenvalue weighted by atomic mass is 10.1. The molecular formula is C15H18N4O2. The zero-order valence-corrected chi connectivity index (χ0v) is 12.1. The Morgan fingerprint density at radius 1 is 1.52 bits per heavy atom. The third-order valence-electron chi connectivity index (χ3n) is 3.69. The van der Waals surface area contributed by atoms with Gasteiger partial charge < -0.3 is 15.8 Å². The minimum atomic E-state index is -0.222. The number of benzene rings is 1. The van der Waals surface area contributed by atoms with Crippen LogP contribution in [0.3, 0.4) is 0 Å². The largest absolute Gasteiger partial charge is 0.491 e. The molecule has 1 atom stereocenters. The van der Waals surface area contributed by atoms with Crippen LogP contribution in [0.5, 0.6) is 5.75 Å². The fraction of sp³-hybridized carbons (Fsp3) is 0.333. The van der Waals surface area contributed by atoms with E-state index in [4.69, 9.17) is 10.5 Å². The predicted molar refractivity (Wildman–Crippen MR) is 79.2 cm³/mol. The minimum absolute atomic E-state index is 0.159. The van der Waals surface area contributed by atoms with Gasteiger partial charge in [0.15, 0.2) is 0 Å². The highest BCUT2D eigenvalue weighted by atomic mass is 16.5. The lowest BCUT2D eigenvalue weighted by molar-refractivity contribution is 0.0920. The van der Waals surface area contributed by atoms with Crippen molar-refractivity contribution in [3.05, 3.63) is 41.2 Å². The predicted octanol–water partition coefficient (Wildman–Crippen LogP) is 1.66. The molecule has 3 N–H and O–H groups in total. The second kappa shape index (κ2) is 5.12. The summed E-state index contributed by atoms with van der Waals surface area (Å²) < 4.78 is 7.20. The number of amides is 1. The second-order valence-corrected chi connectivity index (χ2v) is 5.04. The average Bonchev–Trinajstić information content (AvgIpc) is 3.01. The Morgan fingerprint density at radius 3 is 3.05 bits per heavy atom. The maximum Gasteiger partial charge on any atom is 0.272 e. The van der Waals surface area contributed by atoms with Crippen LogP contribution < -0.4 is 15.8 Å². The maximum absolute atomic E-state index is 12.5. The SMILES string of the molecule is CCn1nc(C)c(N)c1C(=O)NC1COc2ccccc21. The van der Waals surface area contributed by atoms with E-state index in [9.17, 15) is 4.79 Å². The van der Waals surface area contributed by atoms with Gasteiger partial charge in [0.2, 0.25) is 0 Å². The van der Waals surface area contributed by atoms with Crippen molar-refractivity contribution in [3.8, 4) is 5.75 Å². The number of hydrogen-bond acceptors (Lipinski definition) is 4. The van der Waals surface area contributed by atoms with Crippen LogP contribution in [0, 0.1) is 6.92 Å². The summed E-state index contributed by atoms with van der Waals surface area (Å²) in [4.78, 5) is 12.5. The Bertz CT molecular complexity index is 693. The zero-order chi connectivity index (χ0) is 15.0. The number of nitrogens with one attached hydrogen (secondary N) is 1. The number of carbonyl (C=O) groups excluding carboxylic acids is 1. The average molecular weight is 286 g/mol. The first kappa shape index (κ1) is 13.5. The third-order valence-corrected chi connectivity index (χ3v) is 3.69. The fourth-order valence-electron chi connectivity index (χ4n) is 2.57. The van der Waals surface area contributed by atoms with Crippen molar-refractivity contribution in [1.29, 1.82) is 0 Å². The highest BCUT2D eigenvalue weighted by Crippen LogP contribution is 2.32. The Hall–Kier alpha value is -2.50. The Balaban J connectivity index is 1.85. The zero-order valence-electron chi connectivity index (χ0n) is 12.1. The number of anilines is 1. The monoisotopic (exact) mass is 286 g/mol. The first-order valence-corrected chi connectivity index (χ1v) is 6.97. The highest BCUT2D eigenvalue weighted by Gasteiger charge is 2.28. The van der Waals surface area contributed by atoms with Crippen molar-refractivity contribution < 1.29 is 9.53 Å². The highest BCUT2D eigenvalue weighted by molar-refractivity contribution is 5.98. The molecule has 1 aromatic carbocycles. The van der Waals surface area contributed by atoms with Crippen molar-refractivity contribution in [1.82, 2.24) is 15.1 Å². The first-order chi connectivity index (χ1) is 10.1. The number of ether oxygens (including phenoxy) is 1. The van der Waals surface area contributed by atoms with Gasteiger partial charge in [-0.2, -0.15) is 5.10 Å². The van der Waals surface area contributed by atoms with Crippen molar-refractivity contribution in [2.75, 3.05) is 12.3 Å². The van der Waals surface area contributed by atoms with Crippen molar-refractivity contribution >= 4 is 11.6 Å². The molecule has 0 saturated carbocycles. The third kappa shape index (κ3) is 2.22. The number of para-hydroxylation sites is 1. The smallest absolute Gasteiger partial charge is 0.272 e. The molecule has 6 heteroatoms. The molecule has 1 aromatic heterocycles. The first-order valence-electron chi connectivity index (χ1n) is 6.97. The van der Waals surface area contributed by atoms with Crippen LogP contribution in [-0.4, -0.2) is 22.3 Å². The number of nitrogens with two attached hydrogens (primary N) is 1. The lowest BCUT2D eigenvalue weighted by Crippen LogP contribution is -2.31. The summed E-state index contributed by atoms with van der Waals surface area (Å²) in [5, 5.41) is 7.24. The van der Waals surface area contributed by atoms with Crippen LogP contribution >= 0.6 is 0 Å². The number of aryl methyl sites for hydroxylation is 2. The van der Waals surface area contributed by atoms with E-state index in [2.05, 4.69) is 10.4 Å². The molecule has 2 heterocycles. The van der Waals surface area contributed by atoms with Crippen LogP contribution in [0.4, 0.5) is 5.69 Å². The van der Waals surface area contributed by atoms with Crippen LogP contribution in [-0.2, 0) is 6.54 Å². The van der Waals surface area contributed by atoms with Crippen LogP contribution in [0.2, 0.25) is 0 Å². The molecule has 0 saturated heterocycles. The Morgan fingerprint density at radius 2 is 2.29 bits per heavy atom. The summed E-state index contributed by atoms with van der Waals surface area (Å²) >= 11 is 0. The Kier molecular flexibility index (Phi) is 3.29. The van der Waals surface area contributed by atoms with E-state index in [0.717, 1.165) is 11.3 Å². The number of fused-ring (bicyclic) bond motifs is 1. The van der Waals surface area contributed by atoms with Gasteiger partial charge in [-0.3, -0.25) is 9.48 Å². The molecule has 0 fully saturated rings. The Labute approximate surface area is 122 Å². The normalized spacial score (nSPS) is 16.4. The van der Waals surface area contributed by atoms with Gasteiger partial charge in [0.25, 0.3) is 5.91 Å². The number of hydrogen-bond donors (Lipinski definition) is 2. The van der Waals surface area contributed by atoms with E-state index in [1.54, 1.807) is 11.6 Å². The summed E-state index contributed by atoms with van der Waals surface area (Å²) in [6, 6.07) is 7.54. The molecule has 6 nitrogen and oxygen atoms in total. The molecule has 2 aromatic rings. The van der Waals surface area contributed by atoms with Crippen LogP contribution in [0.15, 0.2) is 24.3 Å². The molecule has 3 rings (SSSR count). The van der Waals surface area contributed by atoms with Gasteiger partial charge in [0, 0.05) is 12.1 Å². The van der Waals surface area contributed by atoms with E-state index >= 15 is 0 Å². The van der Waals surface area contributed by atoms with E-state index in [0.29, 0.717) is 30.2 Å². The number of aromatic nitrogens is 2. The second-order valence-electron chi connectivity index (χ2n) is 5.04. The minimum Gasteiger partial charge on any atom is -0.491 e. The summed E-state index contributed by atoms with van der Waals surface area (Å²) in [5.74, 6) is 0.594. The van der Waals surface area contributed by atoms with Gasteiger partial charge in [-0.25, -0.2) is 0 Å². The summed E-state index contributed by atoms with van der Waals surface area (Å²) in [6.45, 7) is 4.76. The fourth-order valence-corrected chi connectivity index (χ4v) is 2.57. The van der Waals surface area contributed by atoms with Gasteiger partial charge in [-0.15, -0.1) is 0 Å². The number of rotatable bonds is 3. The number of nitrogen functional groups attached to an aromatic ring is 1. The van der Waals surface area contributed by atoms with Crippen molar-refractivity contribution in [3.63, 3.8) is 0 Å². The standard InChI is InChI=1S/C15H18N4O2/c1-3-19-14(13(16)9(2)18-19)15(20)17-11-8-21-12-7-5-4-6-10(11)12/h4-7,11H,3,8,16H2,1-2H3,(H,17,20). The molecule has 1 aliphatic heterocycles. The van der Waals surface area contributed by atoms with Crippen molar-refractivity contribution in [2.45, 2.75) is 26.4 Å². The summed E-state index contributed by atoms with van der Waals surface area (Å²) in [5.41, 5.74) is 8.48. The molecule has 21 heavy (non-hydrogen) atoms.